The zero-order valence-corrected chi connectivity index (χ0v) is 20.0. The fourth-order valence-corrected chi connectivity index (χ4v) is 5.11. The van der Waals surface area contributed by atoms with Crippen molar-refractivity contribution in [3.63, 3.8) is 0 Å². The molecule has 7 heteroatoms. The van der Waals surface area contributed by atoms with Crippen molar-refractivity contribution >= 4 is 0 Å². The largest absolute Gasteiger partial charge is 0.491 e. The summed E-state index contributed by atoms with van der Waals surface area (Å²) >= 11 is 0. The number of benzene rings is 2. The van der Waals surface area contributed by atoms with Crippen LogP contribution in [-0.2, 0) is 9.47 Å². The van der Waals surface area contributed by atoms with Crippen molar-refractivity contribution in [2.24, 2.45) is 5.92 Å². The fourth-order valence-electron chi connectivity index (χ4n) is 5.11. The lowest BCUT2D eigenvalue weighted by Gasteiger charge is -2.38. The Labute approximate surface area is 204 Å². The Balaban J connectivity index is 1.41. The van der Waals surface area contributed by atoms with Crippen molar-refractivity contribution in [3.8, 4) is 16.9 Å². The van der Waals surface area contributed by atoms with Crippen molar-refractivity contribution in [2.75, 3.05) is 19.8 Å². The first-order valence-corrected chi connectivity index (χ1v) is 12.4. The van der Waals surface area contributed by atoms with Crippen LogP contribution in [0, 0.1) is 29.2 Å². The molecule has 2 saturated heterocycles. The van der Waals surface area contributed by atoms with Gasteiger partial charge in [-0.2, -0.15) is 4.39 Å². The second-order valence-corrected chi connectivity index (χ2v) is 9.33. The van der Waals surface area contributed by atoms with Crippen molar-refractivity contribution in [1.82, 2.24) is 0 Å². The smallest absolute Gasteiger partial charge is 0.201 e. The predicted octanol–water partition coefficient (Wildman–Crippen LogP) is 7.33. The molecule has 0 aromatic heterocycles. The third-order valence-corrected chi connectivity index (χ3v) is 7.10. The zero-order chi connectivity index (χ0) is 24.9. The molecule has 0 spiro atoms. The minimum absolute atomic E-state index is 0.0254. The van der Waals surface area contributed by atoms with Gasteiger partial charge in [-0.3, -0.25) is 0 Å². The molecule has 0 amide bonds. The van der Waals surface area contributed by atoms with E-state index in [1.807, 2.05) is 6.08 Å². The summed E-state index contributed by atoms with van der Waals surface area (Å²) in [6.45, 7) is 6.53. The molecule has 2 fully saturated rings. The lowest BCUT2D eigenvalue weighted by Crippen LogP contribution is -2.40. The van der Waals surface area contributed by atoms with Crippen LogP contribution in [0.25, 0.3) is 11.1 Å². The number of ether oxygens (including phenoxy) is 3. The molecule has 0 radical (unpaired) electrons. The molecule has 3 nitrogen and oxygen atoms in total. The Morgan fingerprint density at radius 3 is 2.11 bits per heavy atom. The summed E-state index contributed by atoms with van der Waals surface area (Å²) in [7, 11) is 0. The van der Waals surface area contributed by atoms with Crippen LogP contribution in [0.2, 0.25) is 0 Å². The van der Waals surface area contributed by atoms with Crippen LogP contribution in [0.15, 0.2) is 36.9 Å². The van der Waals surface area contributed by atoms with Crippen LogP contribution in [0.3, 0.4) is 0 Å². The Kier molecular flexibility index (Phi) is 8.50. The lowest BCUT2D eigenvalue weighted by molar-refractivity contribution is -0.124. The lowest BCUT2D eigenvalue weighted by atomic mass is 9.86. The summed E-state index contributed by atoms with van der Waals surface area (Å²) in [5.74, 6) is -4.79. The molecular formula is C28H32F4O3. The van der Waals surface area contributed by atoms with E-state index in [1.54, 1.807) is 6.92 Å². The molecule has 2 aliphatic heterocycles. The van der Waals surface area contributed by atoms with Crippen LogP contribution >= 0.6 is 0 Å². The number of allylic oxidation sites excluding steroid dienone is 1. The summed E-state index contributed by atoms with van der Waals surface area (Å²) < 4.78 is 76.0. The highest BCUT2D eigenvalue weighted by atomic mass is 19.2. The summed E-state index contributed by atoms with van der Waals surface area (Å²) in [5, 5.41) is 0. The van der Waals surface area contributed by atoms with E-state index >= 15 is 4.39 Å². The van der Waals surface area contributed by atoms with Crippen LogP contribution in [0.1, 0.15) is 56.9 Å². The second kappa shape index (κ2) is 11.6. The maximum absolute atomic E-state index is 15.1. The summed E-state index contributed by atoms with van der Waals surface area (Å²) in [6.07, 6.45) is 7.31. The third-order valence-electron chi connectivity index (χ3n) is 7.10. The van der Waals surface area contributed by atoms with E-state index in [4.69, 9.17) is 14.2 Å². The molecule has 2 aromatic carbocycles. The van der Waals surface area contributed by atoms with Crippen LogP contribution in [0.4, 0.5) is 17.6 Å². The molecule has 2 heterocycles. The molecule has 35 heavy (non-hydrogen) atoms. The van der Waals surface area contributed by atoms with Gasteiger partial charge in [0.1, 0.15) is 0 Å². The van der Waals surface area contributed by atoms with Crippen molar-refractivity contribution in [2.45, 2.75) is 63.6 Å². The topological polar surface area (TPSA) is 27.7 Å². The molecule has 4 atom stereocenters. The summed E-state index contributed by atoms with van der Waals surface area (Å²) in [4.78, 5) is 0. The van der Waals surface area contributed by atoms with Gasteiger partial charge in [-0.15, -0.1) is 6.58 Å². The van der Waals surface area contributed by atoms with Gasteiger partial charge in [0.25, 0.3) is 0 Å². The first-order chi connectivity index (χ1) is 16.9. The Morgan fingerprint density at radius 1 is 0.857 bits per heavy atom. The van der Waals surface area contributed by atoms with Crippen LogP contribution < -0.4 is 4.74 Å². The minimum atomic E-state index is -1.27. The maximum atomic E-state index is 15.1. The predicted molar refractivity (Wildman–Crippen MR) is 126 cm³/mol. The molecule has 0 aliphatic carbocycles. The third kappa shape index (κ3) is 5.56. The van der Waals surface area contributed by atoms with Crippen molar-refractivity contribution in [1.29, 1.82) is 0 Å². The Bertz CT molecular complexity index is 1030. The van der Waals surface area contributed by atoms with Gasteiger partial charge < -0.3 is 14.2 Å². The number of hydrogen-bond donors (Lipinski definition) is 0. The van der Waals surface area contributed by atoms with Gasteiger partial charge in [-0.25, -0.2) is 13.2 Å². The first kappa shape index (κ1) is 25.7. The first-order valence-electron chi connectivity index (χ1n) is 12.4. The van der Waals surface area contributed by atoms with Crippen molar-refractivity contribution < 1.29 is 31.8 Å². The molecule has 4 rings (SSSR count). The molecule has 190 valence electrons. The highest BCUT2D eigenvalue weighted by Gasteiger charge is 2.34. The number of halogens is 4. The molecule has 4 unspecified atom stereocenters. The SMILES string of the molecule is C=CCCC1CCC(C2CCC(c3ccc(-c4ccc(OCC)c(F)c4F)c(F)c3F)CO2)OC1. The Morgan fingerprint density at radius 2 is 1.51 bits per heavy atom. The minimum Gasteiger partial charge on any atom is -0.491 e. The maximum Gasteiger partial charge on any atom is 0.201 e. The van der Waals surface area contributed by atoms with Gasteiger partial charge >= 0.3 is 0 Å². The summed E-state index contributed by atoms with van der Waals surface area (Å²) in [6, 6.07) is 5.15. The highest BCUT2D eigenvalue weighted by molar-refractivity contribution is 5.66. The van der Waals surface area contributed by atoms with Crippen molar-refractivity contribution in [3.05, 3.63) is 65.8 Å². The van der Waals surface area contributed by atoms with E-state index in [-0.39, 0.29) is 53.8 Å². The van der Waals surface area contributed by atoms with Gasteiger partial charge in [-0.1, -0.05) is 18.2 Å². The number of hydrogen-bond acceptors (Lipinski definition) is 3. The average molecular weight is 493 g/mol. The van der Waals surface area contributed by atoms with E-state index in [1.165, 1.54) is 24.3 Å². The normalized spacial score (nSPS) is 24.8. The van der Waals surface area contributed by atoms with Gasteiger partial charge in [0, 0.05) is 23.7 Å². The highest BCUT2D eigenvalue weighted by Crippen LogP contribution is 2.38. The standard InChI is InChI=1S/C28H32F4O3/c1-3-5-6-17-7-12-22(34-15-17)23-13-8-18(16-35-23)19-9-10-20(26(30)25(19)29)21-11-14-24(33-4-2)28(32)27(21)31/h3,9-11,14,17-18,22-23H,1,4-8,12-13,15-16H2,2H3. The zero-order valence-electron chi connectivity index (χ0n) is 20.0. The molecule has 2 aliphatic rings. The van der Waals surface area contributed by atoms with E-state index in [0.29, 0.717) is 25.4 Å². The molecule has 0 N–H and O–H groups in total. The Hall–Kier alpha value is -2.38. The summed E-state index contributed by atoms with van der Waals surface area (Å²) in [5.41, 5.74) is -0.498. The number of rotatable bonds is 8. The van der Waals surface area contributed by atoms with Crippen LogP contribution in [0.5, 0.6) is 5.75 Å². The van der Waals surface area contributed by atoms with E-state index < -0.39 is 23.3 Å². The van der Waals surface area contributed by atoms with Crippen LogP contribution in [-0.4, -0.2) is 32.0 Å². The fraction of sp³-hybridized carbons (Fsp3) is 0.500. The van der Waals surface area contributed by atoms with Gasteiger partial charge in [-0.05, 0) is 69.1 Å². The van der Waals surface area contributed by atoms with E-state index in [2.05, 4.69) is 6.58 Å². The van der Waals surface area contributed by atoms with E-state index in [0.717, 1.165) is 25.7 Å². The molecular weight excluding hydrogens is 460 g/mol. The molecule has 0 saturated carbocycles. The second-order valence-electron chi connectivity index (χ2n) is 9.33. The molecule has 0 bridgehead atoms. The van der Waals surface area contributed by atoms with E-state index in [9.17, 15) is 13.2 Å². The average Bonchev–Trinajstić information content (AvgIpc) is 2.88. The van der Waals surface area contributed by atoms with Gasteiger partial charge in [0.2, 0.25) is 5.82 Å². The van der Waals surface area contributed by atoms with Gasteiger partial charge in [0.15, 0.2) is 23.2 Å². The quantitative estimate of drug-likeness (QED) is 0.285. The monoisotopic (exact) mass is 492 g/mol. The van der Waals surface area contributed by atoms with Gasteiger partial charge in [0.05, 0.1) is 25.4 Å². The molecule has 2 aromatic rings.